The fourth-order valence-electron chi connectivity index (χ4n) is 3.02. The van der Waals surface area contributed by atoms with E-state index in [1.54, 1.807) is 0 Å². The van der Waals surface area contributed by atoms with E-state index >= 15 is 0 Å². The van der Waals surface area contributed by atoms with Crippen molar-refractivity contribution >= 4 is 0 Å². The average molecular weight is 201 g/mol. The van der Waals surface area contributed by atoms with Gasteiger partial charge in [0.05, 0.1) is 16.6 Å². The molecule has 0 amide bonds. The molecule has 0 heterocycles. The average Bonchev–Trinajstić information content (AvgIpc) is 1.77. The normalized spacial score (nSPS) is 15.9. The van der Waals surface area contributed by atoms with Gasteiger partial charge in [0.25, 0.3) is 0 Å². The molecule has 2 heteroatoms. The lowest BCUT2D eigenvalue weighted by molar-refractivity contribution is -1.01. The molecule has 0 aromatic rings. The molecular weight excluding hydrogens is 174 g/mol. The van der Waals surface area contributed by atoms with Gasteiger partial charge in [-0.15, -0.1) is 0 Å². The summed E-state index contributed by atoms with van der Waals surface area (Å²) in [5.41, 5.74) is -0.885. The van der Waals surface area contributed by atoms with Crippen molar-refractivity contribution in [3.8, 4) is 0 Å². The number of quaternary nitrogens is 1. The predicted molar refractivity (Wildman–Crippen MR) is 62.9 cm³/mol. The van der Waals surface area contributed by atoms with Crippen LogP contribution in [0.4, 0.5) is 0 Å². The molecule has 0 radical (unpaired) electrons. The molecule has 0 bridgehead atoms. The van der Waals surface area contributed by atoms with Gasteiger partial charge in [-0.1, -0.05) is 0 Å². The van der Waals surface area contributed by atoms with Crippen LogP contribution < -0.4 is 0 Å². The van der Waals surface area contributed by atoms with Gasteiger partial charge < -0.3 is 9.85 Å². The summed E-state index contributed by atoms with van der Waals surface area (Å²) in [6.07, 6.45) is 0. The van der Waals surface area contributed by atoms with E-state index in [2.05, 4.69) is 0 Å². The van der Waals surface area contributed by atoms with Crippen LogP contribution in [0.1, 0.15) is 62.3 Å². The summed E-state index contributed by atoms with van der Waals surface area (Å²) in [5, 5.41) is 13.1. The molecule has 0 unspecified atom stereocenters. The lowest BCUT2D eigenvalue weighted by Crippen LogP contribution is -2.73. The number of hydrogen-bond donors (Lipinski definition) is 0. The Kier molecular flexibility index (Phi) is 3.19. The Bertz CT molecular complexity index is 164. The second-order valence-electron chi connectivity index (χ2n) is 7.12. The van der Waals surface area contributed by atoms with Crippen LogP contribution in [0.15, 0.2) is 0 Å². The van der Waals surface area contributed by atoms with Crippen molar-refractivity contribution in [2.45, 2.75) is 78.9 Å². The first-order chi connectivity index (χ1) is 5.75. The summed E-state index contributed by atoms with van der Waals surface area (Å²) in [6, 6.07) is 0. The highest BCUT2D eigenvalue weighted by Crippen LogP contribution is 2.42. The van der Waals surface area contributed by atoms with Crippen LogP contribution in [0.5, 0.6) is 0 Å². The van der Waals surface area contributed by atoms with Crippen LogP contribution in [0, 0.1) is 5.21 Å². The molecule has 0 aliphatic carbocycles. The minimum atomic E-state index is -0.295. The van der Waals surface area contributed by atoms with E-state index in [0.29, 0.717) is 0 Å². The molecule has 0 saturated heterocycles. The smallest absolute Gasteiger partial charge is 0.0912 e. The largest absolute Gasteiger partial charge is 0.632 e. The third kappa shape index (κ3) is 1.96. The lowest BCUT2D eigenvalue weighted by Gasteiger charge is -2.67. The maximum absolute atomic E-state index is 13.1. The molecular formula is C12H27NO. The van der Waals surface area contributed by atoms with E-state index in [4.69, 9.17) is 0 Å². The lowest BCUT2D eigenvalue weighted by atomic mass is 9.86. The van der Waals surface area contributed by atoms with Gasteiger partial charge in [-0.2, -0.15) is 0 Å². The molecule has 0 aliphatic rings. The highest BCUT2D eigenvalue weighted by atomic mass is 16.6. The van der Waals surface area contributed by atoms with E-state index in [0.717, 1.165) is 0 Å². The molecule has 0 aromatic carbocycles. The quantitative estimate of drug-likeness (QED) is 0.433. The predicted octanol–water partition coefficient (Wildman–Crippen LogP) is 3.70. The van der Waals surface area contributed by atoms with Gasteiger partial charge >= 0.3 is 0 Å². The standard InChI is InChI=1S/C12H27NO/c1-10(2,3)13(14,11(4,5)6)12(7,8)9/h1-9H3. The molecule has 0 aliphatic heterocycles. The van der Waals surface area contributed by atoms with Crippen molar-refractivity contribution in [3.63, 3.8) is 0 Å². The maximum Gasteiger partial charge on any atom is 0.0912 e. The van der Waals surface area contributed by atoms with Crippen LogP contribution in [0.3, 0.4) is 0 Å². The first-order valence-electron chi connectivity index (χ1n) is 5.35. The van der Waals surface area contributed by atoms with Gasteiger partial charge in [0.15, 0.2) is 0 Å². The summed E-state index contributed by atoms with van der Waals surface area (Å²) in [6.45, 7) is 18.2. The van der Waals surface area contributed by atoms with E-state index in [-0.39, 0.29) is 21.3 Å². The van der Waals surface area contributed by atoms with E-state index in [9.17, 15) is 5.21 Å². The van der Waals surface area contributed by atoms with E-state index in [1.807, 2.05) is 62.3 Å². The number of hydrogen-bond acceptors (Lipinski definition) is 1. The SMILES string of the molecule is CC(C)(C)[N+]([O-])(C(C)(C)C)C(C)(C)C. The second kappa shape index (κ2) is 3.21. The van der Waals surface area contributed by atoms with Gasteiger partial charge in [-0.25, -0.2) is 0 Å². The Balaban J connectivity index is 5.54. The van der Waals surface area contributed by atoms with Gasteiger partial charge in [-0.3, -0.25) is 0 Å². The van der Waals surface area contributed by atoms with Crippen molar-refractivity contribution in [1.82, 2.24) is 0 Å². The molecule has 0 spiro atoms. The molecule has 0 atom stereocenters. The number of nitrogens with zero attached hydrogens (tertiary/aromatic N) is 1. The van der Waals surface area contributed by atoms with Crippen molar-refractivity contribution < 1.29 is 4.65 Å². The van der Waals surface area contributed by atoms with Crippen LogP contribution in [0.25, 0.3) is 0 Å². The van der Waals surface area contributed by atoms with Gasteiger partial charge in [0.2, 0.25) is 0 Å². The summed E-state index contributed by atoms with van der Waals surface area (Å²) in [5.74, 6) is 0. The van der Waals surface area contributed by atoms with Crippen molar-refractivity contribution in [2.75, 3.05) is 0 Å². The Morgan fingerprint density at radius 2 is 0.714 bits per heavy atom. The maximum atomic E-state index is 13.1. The van der Waals surface area contributed by atoms with Gasteiger partial charge in [0.1, 0.15) is 0 Å². The zero-order chi connectivity index (χ0) is 12.0. The third-order valence-corrected chi connectivity index (χ3v) is 2.83. The molecule has 2 nitrogen and oxygen atoms in total. The van der Waals surface area contributed by atoms with E-state index in [1.165, 1.54) is 0 Å². The topological polar surface area (TPSA) is 23.1 Å². The van der Waals surface area contributed by atoms with Crippen LogP contribution >= 0.6 is 0 Å². The van der Waals surface area contributed by atoms with Gasteiger partial charge in [0, 0.05) is 0 Å². The van der Waals surface area contributed by atoms with E-state index < -0.39 is 0 Å². The minimum absolute atomic E-state index is 0.188. The van der Waals surface area contributed by atoms with Gasteiger partial charge in [-0.05, 0) is 62.3 Å². The Morgan fingerprint density at radius 1 is 0.571 bits per heavy atom. The second-order valence-corrected chi connectivity index (χ2v) is 7.12. The highest BCUT2D eigenvalue weighted by molar-refractivity contribution is 4.82. The molecule has 0 N–H and O–H groups in total. The molecule has 0 rings (SSSR count). The van der Waals surface area contributed by atoms with Crippen LogP contribution in [0.2, 0.25) is 0 Å². The summed E-state index contributed by atoms with van der Waals surface area (Å²) >= 11 is 0. The summed E-state index contributed by atoms with van der Waals surface area (Å²) < 4.78 is -0.188. The summed E-state index contributed by atoms with van der Waals surface area (Å²) in [4.78, 5) is 0. The first kappa shape index (κ1) is 13.9. The fraction of sp³-hybridized carbons (Fsp3) is 1.00. The Morgan fingerprint density at radius 3 is 0.714 bits per heavy atom. The first-order valence-corrected chi connectivity index (χ1v) is 5.35. The number of hydroxylamine groups is 3. The summed E-state index contributed by atoms with van der Waals surface area (Å²) in [7, 11) is 0. The van der Waals surface area contributed by atoms with Crippen LogP contribution in [-0.2, 0) is 0 Å². The third-order valence-electron chi connectivity index (χ3n) is 2.83. The zero-order valence-electron chi connectivity index (χ0n) is 11.4. The van der Waals surface area contributed by atoms with Crippen molar-refractivity contribution in [3.05, 3.63) is 5.21 Å². The monoisotopic (exact) mass is 201 g/mol. The molecule has 0 saturated carbocycles. The fourth-order valence-corrected chi connectivity index (χ4v) is 3.02. The zero-order valence-corrected chi connectivity index (χ0v) is 11.4. The molecule has 14 heavy (non-hydrogen) atoms. The minimum Gasteiger partial charge on any atom is -0.632 e. The molecule has 0 aromatic heterocycles. The van der Waals surface area contributed by atoms with Crippen molar-refractivity contribution in [1.29, 1.82) is 0 Å². The van der Waals surface area contributed by atoms with Crippen LogP contribution in [-0.4, -0.2) is 21.3 Å². The Hall–Kier alpha value is -0.0800. The molecule has 0 fully saturated rings. The Labute approximate surface area is 89.5 Å². The molecule has 86 valence electrons. The van der Waals surface area contributed by atoms with Crippen molar-refractivity contribution in [2.24, 2.45) is 0 Å². The highest BCUT2D eigenvalue weighted by Gasteiger charge is 2.49. The number of rotatable bonds is 0.